The van der Waals surface area contributed by atoms with Crippen molar-refractivity contribution in [2.24, 2.45) is 0 Å². The van der Waals surface area contributed by atoms with Crippen LogP contribution in [-0.4, -0.2) is 36.3 Å². The van der Waals surface area contributed by atoms with Crippen LogP contribution in [0.2, 0.25) is 0 Å². The van der Waals surface area contributed by atoms with Crippen LogP contribution in [0.3, 0.4) is 0 Å². The van der Waals surface area contributed by atoms with Crippen molar-refractivity contribution in [1.82, 2.24) is 10.1 Å². The van der Waals surface area contributed by atoms with Crippen molar-refractivity contribution in [3.05, 3.63) is 53.9 Å². The predicted molar refractivity (Wildman–Crippen MR) is 110 cm³/mol. The highest BCUT2D eigenvalue weighted by atomic mass is 16.5. The number of carbonyl (C=O) groups excluding carboxylic acids is 1. The van der Waals surface area contributed by atoms with Crippen LogP contribution in [0.4, 0.5) is 5.69 Å². The fraction of sp³-hybridized carbons (Fsp3) is 0.227. The van der Waals surface area contributed by atoms with E-state index in [2.05, 4.69) is 10.1 Å². The maximum Gasteiger partial charge on any atom is 0.265 e. The van der Waals surface area contributed by atoms with Crippen LogP contribution in [0.25, 0.3) is 23.5 Å². The SMILES string of the molecule is CCCN1C(=O)COc2ccc(-c3noc(/C=C/c4ccc(OC)cc4)n3)cc21. The van der Waals surface area contributed by atoms with Gasteiger partial charge in [-0.15, -0.1) is 0 Å². The average molecular weight is 391 g/mol. The maximum atomic E-state index is 12.2. The van der Waals surface area contributed by atoms with Gasteiger partial charge in [0, 0.05) is 18.2 Å². The molecule has 0 atom stereocenters. The number of anilines is 1. The molecule has 148 valence electrons. The summed E-state index contributed by atoms with van der Waals surface area (Å²) in [6.07, 6.45) is 4.50. The van der Waals surface area contributed by atoms with Crippen LogP contribution >= 0.6 is 0 Å². The predicted octanol–water partition coefficient (Wildman–Crippen LogP) is 4.05. The molecular weight excluding hydrogens is 370 g/mol. The molecule has 0 saturated carbocycles. The van der Waals surface area contributed by atoms with Gasteiger partial charge in [0.2, 0.25) is 5.82 Å². The average Bonchev–Trinajstić information content (AvgIpc) is 3.23. The van der Waals surface area contributed by atoms with E-state index in [0.717, 1.165) is 29.0 Å². The number of amides is 1. The number of carbonyl (C=O) groups is 1. The molecule has 1 aliphatic heterocycles. The summed E-state index contributed by atoms with van der Waals surface area (Å²) in [5, 5.41) is 4.06. The first-order valence-corrected chi connectivity index (χ1v) is 9.41. The minimum absolute atomic E-state index is 0.0484. The third kappa shape index (κ3) is 3.99. The van der Waals surface area contributed by atoms with Gasteiger partial charge in [0.05, 0.1) is 12.8 Å². The van der Waals surface area contributed by atoms with Gasteiger partial charge in [0.25, 0.3) is 11.8 Å². The Kier molecular flexibility index (Phi) is 5.29. The van der Waals surface area contributed by atoms with Crippen molar-refractivity contribution in [3.8, 4) is 22.9 Å². The summed E-state index contributed by atoms with van der Waals surface area (Å²) >= 11 is 0. The minimum atomic E-state index is -0.0484. The number of rotatable bonds is 6. The van der Waals surface area contributed by atoms with Crippen LogP contribution in [-0.2, 0) is 4.79 Å². The van der Waals surface area contributed by atoms with Crippen molar-refractivity contribution in [3.63, 3.8) is 0 Å². The molecule has 0 N–H and O–H groups in total. The molecule has 0 spiro atoms. The Bertz CT molecular complexity index is 1040. The van der Waals surface area contributed by atoms with Crippen LogP contribution in [0.5, 0.6) is 11.5 Å². The molecule has 7 nitrogen and oxygen atoms in total. The van der Waals surface area contributed by atoms with Gasteiger partial charge in [0.1, 0.15) is 11.5 Å². The highest BCUT2D eigenvalue weighted by Gasteiger charge is 2.25. The van der Waals surface area contributed by atoms with Gasteiger partial charge in [-0.2, -0.15) is 4.98 Å². The summed E-state index contributed by atoms with van der Waals surface area (Å²) in [6, 6.07) is 13.2. The van der Waals surface area contributed by atoms with Gasteiger partial charge in [-0.05, 0) is 48.4 Å². The van der Waals surface area contributed by atoms with Crippen molar-refractivity contribution in [2.45, 2.75) is 13.3 Å². The van der Waals surface area contributed by atoms with Gasteiger partial charge in [-0.1, -0.05) is 24.2 Å². The lowest BCUT2D eigenvalue weighted by molar-refractivity contribution is -0.121. The van der Waals surface area contributed by atoms with Crippen LogP contribution in [0.1, 0.15) is 24.8 Å². The number of hydrogen-bond acceptors (Lipinski definition) is 6. The third-order valence-corrected chi connectivity index (χ3v) is 4.58. The number of methoxy groups -OCH3 is 1. The minimum Gasteiger partial charge on any atom is -0.497 e. The molecule has 0 aliphatic carbocycles. The van der Waals surface area contributed by atoms with E-state index in [-0.39, 0.29) is 12.5 Å². The number of ether oxygens (including phenoxy) is 2. The van der Waals surface area contributed by atoms with E-state index in [1.54, 1.807) is 18.1 Å². The second-order valence-electron chi connectivity index (χ2n) is 6.58. The van der Waals surface area contributed by atoms with E-state index in [9.17, 15) is 4.79 Å². The van der Waals surface area contributed by atoms with Crippen molar-refractivity contribution in [1.29, 1.82) is 0 Å². The van der Waals surface area contributed by atoms with E-state index in [1.807, 2.05) is 55.5 Å². The summed E-state index contributed by atoms with van der Waals surface area (Å²) < 4.78 is 16.0. The van der Waals surface area contributed by atoms with E-state index >= 15 is 0 Å². The van der Waals surface area contributed by atoms with Gasteiger partial charge in [-0.3, -0.25) is 4.79 Å². The van der Waals surface area contributed by atoms with Gasteiger partial charge in [0.15, 0.2) is 6.61 Å². The van der Waals surface area contributed by atoms with E-state index < -0.39 is 0 Å². The molecular formula is C22H21N3O4. The van der Waals surface area contributed by atoms with E-state index in [0.29, 0.717) is 24.0 Å². The largest absolute Gasteiger partial charge is 0.497 e. The summed E-state index contributed by atoms with van der Waals surface area (Å²) in [4.78, 5) is 18.4. The fourth-order valence-electron chi connectivity index (χ4n) is 3.11. The molecule has 29 heavy (non-hydrogen) atoms. The Labute approximate surface area is 168 Å². The fourth-order valence-corrected chi connectivity index (χ4v) is 3.11. The van der Waals surface area contributed by atoms with Crippen molar-refractivity contribution in [2.75, 3.05) is 25.2 Å². The van der Waals surface area contributed by atoms with Crippen molar-refractivity contribution < 1.29 is 18.8 Å². The molecule has 1 aromatic heterocycles. The topological polar surface area (TPSA) is 77.7 Å². The smallest absolute Gasteiger partial charge is 0.265 e. The molecule has 1 aliphatic rings. The molecule has 0 bridgehead atoms. The summed E-state index contributed by atoms with van der Waals surface area (Å²) in [5.74, 6) is 2.29. The van der Waals surface area contributed by atoms with E-state index in [4.69, 9.17) is 14.0 Å². The molecule has 2 aromatic carbocycles. The van der Waals surface area contributed by atoms with Crippen LogP contribution in [0, 0.1) is 0 Å². The summed E-state index contributed by atoms with van der Waals surface area (Å²) in [7, 11) is 1.63. The first-order valence-electron chi connectivity index (χ1n) is 9.41. The highest BCUT2D eigenvalue weighted by molar-refractivity contribution is 5.98. The highest BCUT2D eigenvalue weighted by Crippen LogP contribution is 2.35. The lowest BCUT2D eigenvalue weighted by Gasteiger charge is -2.29. The molecule has 7 heteroatoms. The molecule has 1 amide bonds. The normalized spacial score (nSPS) is 13.4. The standard InChI is InChI=1S/C22H21N3O4/c1-3-12-25-18-13-16(7-10-19(18)28-14-21(25)26)22-23-20(29-24-22)11-6-15-4-8-17(27-2)9-5-15/h4-11,13H,3,12,14H2,1-2H3/b11-6+. The number of aromatic nitrogens is 2. The Balaban J connectivity index is 1.56. The van der Waals surface area contributed by atoms with Gasteiger partial charge >= 0.3 is 0 Å². The Morgan fingerprint density at radius 2 is 2.00 bits per heavy atom. The second-order valence-corrected chi connectivity index (χ2v) is 6.58. The first-order chi connectivity index (χ1) is 14.2. The quantitative estimate of drug-likeness (QED) is 0.631. The zero-order chi connectivity index (χ0) is 20.2. The molecule has 0 unspecified atom stereocenters. The monoisotopic (exact) mass is 391 g/mol. The third-order valence-electron chi connectivity index (χ3n) is 4.58. The lowest BCUT2D eigenvalue weighted by atomic mass is 10.1. The number of nitrogens with zero attached hydrogens (tertiary/aromatic N) is 3. The van der Waals surface area contributed by atoms with Crippen molar-refractivity contribution >= 4 is 23.7 Å². The molecule has 0 radical (unpaired) electrons. The van der Waals surface area contributed by atoms with Crippen LogP contribution < -0.4 is 14.4 Å². The molecule has 0 fully saturated rings. The zero-order valence-corrected chi connectivity index (χ0v) is 16.3. The first kappa shape index (κ1) is 18.7. The summed E-state index contributed by atoms with van der Waals surface area (Å²) in [6.45, 7) is 2.74. The summed E-state index contributed by atoms with van der Waals surface area (Å²) in [5.41, 5.74) is 2.49. The van der Waals surface area contributed by atoms with E-state index in [1.165, 1.54) is 0 Å². The lowest BCUT2D eigenvalue weighted by Crippen LogP contribution is -2.39. The molecule has 2 heterocycles. The van der Waals surface area contributed by atoms with Crippen LogP contribution in [0.15, 0.2) is 47.0 Å². The zero-order valence-electron chi connectivity index (χ0n) is 16.3. The van der Waals surface area contributed by atoms with Gasteiger partial charge < -0.3 is 18.9 Å². The Hall–Kier alpha value is -3.61. The molecule has 4 rings (SSSR count). The Morgan fingerprint density at radius 1 is 1.17 bits per heavy atom. The second kappa shape index (κ2) is 8.18. The maximum absolute atomic E-state index is 12.2. The number of benzene rings is 2. The number of hydrogen-bond donors (Lipinski definition) is 0. The Morgan fingerprint density at radius 3 is 2.76 bits per heavy atom. The molecule has 3 aromatic rings. The van der Waals surface area contributed by atoms with Gasteiger partial charge in [-0.25, -0.2) is 0 Å². The molecule has 0 saturated heterocycles. The number of fused-ring (bicyclic) bond motifs is 1.